The Balaban J connectivity index is 1.13. The van der Waals surface area contributed by atoms with E-state index < -0.39 is 0 Å². The van der Waals surface area contributed by atoms with Gasteiger partial charge in [0.25, 0.3) is 0 Å². The lowest BCUT2D eigenvalue weighted by Crippen LogP contribution is -2.02. The zero-order chi connectivity index (χ0) is 55.3. The predicted octanol–water partition coefficient (Wildman–Crippen LogP) is 19.5. The molecule has 0 aliphatic carbocycles. The lowest BCUT2D eigenvalue weighted by molar-refractivity contribution is 1.16. The second-order valence-electron chi connectivity index (χ2n) is 19.9. The van der Waals surface area contributed by atoms with Crippen LogP contribution in [0.15, 0.2) is 224 Å². The van der Waals surface area contributed by atoms with E-state index in [0.717, 1.165) is 127 Å². The van der Waals surface area contributed by atoms with Crippen molar-refractivity contribution in [2.45, 2.75) is 6.92 Å². The molecule has 8 heteroatoms. The van der Waals surface area contributed by atoms with Crippen molar-refractivity contribution in [3.05, 3.63) is 281 Å². The van der Waals surface area contributed by atoms with E-state index >= 15 is 0 Å². The SMILES string of the molecule is [C-]#[N+]c1ccc(-n2c3ccc(-c4ccccc4C#N)cc3c3cc(-c4ccccc4[N+]#[C-])ccc32)c(-c2ccc(-c3ccc(C#N)cc3C)cc2-n2c3ccc(-c4ccccc4C#N)cc3c3cc(-c4ccccc4[N+]#[C-])ccc32)c1. The van der Waals surface area contributed by atoms with Gasteiger partial charge in [-0.25, -0.2) is 14.5 Å². The summed E-state index contributed by atoms with van der Waals surface area (Å²) in [7, 11) is 0. The van der Waals surface area contributed by atoms with E-state index in [4.69, 9.17) is 19.7 Å². The van der Waals surface area contributed by atoms with E-state index in [0.29, 0.717) is 33.8 Å². The highest BCUT2D eigenvalue weighted by Crippen LogP contribution is 2.47. The Morgan fingerprint density at radius 2 is 0.753 bits per heavy atom. The van der Waals surface area contributed by atoms with Crippen molar-refractivity contribution in [3.63, 3.8) is 0 Å². The molecule has 0 unspecified atom stereocenters. The van der Waals surface area contributed by atoms with E-state index in [1.807, 2.05) is 140 Å². The number of benzene rings is 11. The molecule has 2 heterocycles. The maximum Gasteiger partial charge on any atom is 0.194 e. The Bertz CT molecular complexity index is 4870. The molecule has 13 rings (SSSR count). The molecular formula is C73H40N8. The van der Waals surface area contributed by atoms with Crippen LogP contribution >= 0.6 is 0 Å². The maximum atomic E-state index is 10.3. The monoisotopic (exact) mass is 1030 g/mol. The Hall–Kier alpha value is -12.0. The van der Waals surface area contributed by atoms with Crippen LogP contribution in [-0.4, -0.2) is 9.13 Å². The van der Waals surface area contributed by atoms with Crippen molar-refractivity contribution in [3.8, 4) is 96.3 Å². The topological polar surface area (TPSA) is 94.3 Å². The Morgan fingerprint density at radius 1 is 0.333 bits per heavy atom. The molecule has 0 saturated heterocycles. The fourth-order valence-electron chi connectivity index (χ4n) is 11.7. The van der Waals surface area contributed by atoms with Crippen LogP contribution in [0.2, 0.25) is 0 Å². The highest BCUT2D eigenvalue weighted by atomic mass is 15.0. The number of nitrogens with zero attached hydrogens (tertiary/aromatic N) is 8. The van der Waals surface area contributed by atoms with Crippen LogP contribution in [0.5, 0.6) is 0 Å². The number of para-hydroxylation sites is 2. The first kappa shape index (κ1) is 48.6. The van der Waals surface area contributed by atoms with Crippen molar-refractivity contribution in [2.75, 3.05) is 0 Å². The molecule has 2 aromatic heterocycles. The summed E-state index contributed by atoms with van der Waals surface area (Å²) in [6, 6.07) is 80.9. The van der Waals surface area contributed by atoms with Gasteiger partial charge in [-0.3, -0.25) is 0 Å². The van der Waals surface area contributed by atoms with Gasteiger partial charge in [-0.15, -0.1) is 0 Å². The zero-order valence-corrected chi connectivity index (χ0v) is 43.4. The quantitative estimate of drug-likeness (QED) is 0.142. The Labute approximate surface area is 467 Å². The number of aromatic nitrogens is 2. The average molecular weight is 1030 g/mol. The van der Waals surface area contributed by atoms with Crippen LogP contribution in [0.4, 0.5) is 17.1 Å². The minimum absolute atomic E-state index is 0.451. The summed E-state index contributed by atoms with van der Waals surface area (Å²) in [6.07, 6.45) is 0. The molecule has 0 spiro atoms. The molecule has 81 heavy (non-hydrogen) atoms. The lowest BCUT2D eigenvalue weighted by atomic mass is 9.93. The number of hydrogen-bond donors (Lipinski definition) is 0. The molecule has 0 radical (unpaired) electrons. The van der Waals surface area contributed by atoms with Crippen LogP contribution < -0.4 is 0 Å². The van der Waals surface area contributed by atoms with Crippen LogP contribution in [0, 0.1) is 60.6 Å². The molecule has 0 saturated carbocycles. The van der Waals surface area contributed by atoms with Crippen molar-refractivity contribution in [1.82, 2.24) is 9.13 Å². The molecule has 11 aromatic carbocycles. The fourth-order valence-corrected chi connectivity index (χ4v) is 11.7. The first-order valence-corrected chi connectivity index (χ1v) is 26.1. The van der Waals surface area contributed by atoms with Crippen molar-refractivity contribution in [1.29, 1.82) is 15.8 Å². The van der Waals surface area contributed by atoms with Gasteiger partial charge in [-0.2, -0.15) is 15.8 Å². The van der Waals surface area contributed by atoms with Crippen LogP contribution in [-0.2, 0) is 0 Å². The van der Waals surface area contributed by atoms with Gasteiger partial charge in [0.2, 0.25) is 0 Å². The van der Waals surface area contributed by atoms with Crippen LogP contribution in [0.25, 0.3) is 136 Å². The number of aryl methyl sites for hydroxylation is 1. The van der Waals surface area contributed by atoms with Crippen LogP contribution in [0.3, 0.4) is 0 Å². The van der Waals surface area contributed by atoms with E-state index in [1.165, 1.54) is 0 Å². The third kappa shape index (κ3) is 8.11. The molecule has 0 fully saturated rings. The highest BCUT2D eigenvalue weighted by molar-refractivity contribution is 6.14. The zero-order valence-electron chi connectivity index (χ0n) is 43.4. The normalized spacial score (nSPS) is 11.0. The second kappa shape index (κ2) is 19.8. The fraction of sp³-hybridized carbons (Fsp3) is 0.0137. The number of hydrogen-bond acceptors (Lipinski definition) is 3. The molecule has 0 aliphatic rings. The molecule has 0 amide bonds. The van der Waals surface area contributed by atoms with Crippen molar-refractivity contribution in [2.24, 2.45) is 0 Å². The van der Waals surface area contributed by atoms with E-state index in [-0.39, 0.29) is 0 Å². The predicted molar refractivity (Wildman–Crippen MR) is 325 cm³/mol. The molecule has 0 atom stereocenters. The molecular weight excluding hydrogens is 989 g/mol. The van der Waals surface area contributed by atoms with E-state index in [2.05, 4.69) is 133 Å². The Kier molecular flexibility index (Phi) is 11.9. The first-order chi connectivity index (χ1) is 39.8. The summed E-state index contributed by atoms with van der Waals surface area (Å²) in [5.74, 6) is 0. The van der Waals surface area contributed by atoms with E-state index in [1.54, 1.807) is 0 Å². The summed E-state index contributed by atoms with van der Waals surface area (Å²) >= 11 is 0. The molecule has 372 valence electrons. The lowest BCUT2D eigenvalue weighted by Gasteiger charge is -2.21. The minimum atomic E-state index is 0.451. The van der Waals surface area contributed by atoms with Gasteiger partial charge < -0.3 is 9.13 Å². The van der Waals surface area contributed by atoms with Gasteiger partial charge >= 0.3 is 0 Å². The largest absolute Gasteiger partial charge is 0.309 e. The second-order valence-corrected chi connectivity index (χ2v) is 19.9. The molecule has 0 N–H and O–H groups in total. The van der Waals surface area contributed by atoms with Gasteiger partial charge in [0, 0.05) is 27.1 Å². The molecule has 13 aromatic rings. The van der Waals surface area contributed by atoms with Gasteiger partial charge in [0.05, 0.1) is 88.1 Å². The standard InChI is InChI=1S/C73H40N8/c1-45-35-46(42-74)21-28-55(45)51-22-29-60(73(40-51)81-70-31-24-48(57-16-8-6-14-53(57)44-76)37-62(70)64-39-50(26-33-71(64)81)59-18-10-12-20-67(59)79-4)65-41-54(77-2)27-34-72(65)80-68-30-23-47(56-15-7-5-13-52(56)43-75)36-61(68)63-38-49(25-32-69(63)80)58-17-9-11-19-66(58)78-3/h5-41H,1H3. The number of nitriles is 3. The Morgan fingerprint density at radius 3 is 1.21 bits per heavy atom. The summed E-state index contributed by atoms with van der Waals surface area (Å²) in [4.78, 5) is 11.8. The highest BCUT2D eigenvalue weighted by Gasteiger charge is 2.24. The summed E-state index contributed by atoms with van der Waals surface area (Å²) < 4.78 is 4.54. The van der Waals surface area contributed by atoms with E-state index in [9.17, 15) is 15.8 Å². The third-order valence-corrected chi connectivity index (χ3v) is 15.5. The van der Waals surface area contributed by atoms with Crippen molar-refractivity contribution < 1.29 is 0 Å². The number of fused-ring (bicyclic) bond motifs is 6. The van der Waals surface area contributed by atoms with Crippen molar-refractivity contribution >= 4 is 60.7 Å². The third-order valence-electron chi connectivity index (χ3n) is 15.5. The van der Waals surface area contributed by atoms with Gasteiger partial charge in [0.1, 0.15) is 0 Å². The summed E-state index contributed by atoms with van der Waals surface area (Å²) in [5, 5.41) is 34.2. The molecule has 0 bridgehead atoms. The maximum absolute atomic E-state index is 10.3. The number of rotatable bonds is 8. The van der Waals surface area contributed by atoms with Gasteiger partial charge in [0.15, 0.2) is 17.1 Å². The van der Waals surface area contributed by atoms with Crippen LogP contribution in [0.1, 0.15) is 22.3 Å². The molecule has 8 nitrogen and oxygen atoms in total. The first-order valence-electron chi connectivity index (χ1n) is 26.1. The molecule has 0 aliphatic heterocycles. The summed E-state index contributed by atoms with van der Waals surface area (Å²) in [5.41, 5.74) is 19.7. The summed E-state index contributed by atoms with van der Waals surface area (Å²) in [6.45, 7) is 26.6. The minimum Gasteiger partial charge on any atom is -0.309 e. The smallest absolute Gasteiger partial charge is 0.194 e. The van der Waals surface area contributed by atoms with Gasteiger partial charge in [-0.05, 0) is 165 Å². The average Bonchev–Trinajstić information content (AvgIpc) is 3.64. The van der Waals surface area contributed by atoms with Gasteiger partial charge in [-0.1, -0.05) is 133 Å².